The Balaban J connectivity index is 1.24. The summed E-state index contributed by atoms with van der Waals surface area (Å²) in [5.74, 6) is 0.317. The minimum atomic E-state index is -0.441. The Hall–Kier alpha value is -2.98. The van der Waals surface area contributed by atoms with Crippen molar-refractivity contribution in [3.8, 4) is 5.88 Å². The molecule has 0 radical (unpaired) electrons. The summed E-state index contributed by atoms with van der Waals surface area (Å²) in [7, 11) is 0. The Morgan fingerprint density at radius 1 is 1.41 bits per heavy atom. The third-order valence-corrected chi connectivity index (χ3v) is 5.25. The maximum absolute atomic E-state index is 13.0. The largest absolute Gasteiger partial charge is 0.475 e. The summed E-state index contributed by atoms with van der Waals surface area (Å²) in [4.78, 5) is 22.4. The van der Waals surface area contributed by atoms with Gasteiger partial charge in [0.25, 0.3) is 5.91 Å². The molecule has 29 heavy (non-hydrogen) atoms. The minimum Gasteiger partial charge on any atom is -0.475 e. The zero-order valence-corrected chi connectivity index (χ0v) is 15.7. The molecule has 152 valence electrons. The number of carbonyl (C=O) groups is 1. The van der Waals surface area contributed by atoms with Gasteiger partial charge in [-0.1, -0.05) is 0 Å². The Morgan fingerprint density at radius 2 is 2.31 bits per heavy atom. The fraction of sp³-hybridized carbons (Fsp3) is 0.421. The monoisotopic (exact) mass is 400 g/mol. The highest BCUT2D eigenvalue weighted by molar-refractivity contribution is 6.00. The van der Waals surface area contributed by atoms with E-state index in [4.69, 9.17) is 9.57 Å². The molecule has 2 N–H and O–H groups in total. The number of hydrogen-bond acceptors (Lipinski definition) is 7. The number of amides is 1. The molecular weight excluding hydrogens is 379 g/mol. The lowest BCUT2D eigenvalue weighted by molar-refractivity contribution is -0.123. The molecule has 2 aromatic rings. The number of aromatic nitrogens is 3. The number of anilines is 1. The quantitative estimate of drug-likeness (QED) is 0.761. The second-order valence-electron chi connectivity index (χ2n) is 7.45. The van der Waals surface area contributed by atoms with Gasteiger partial charge in [0.2, 0.25) is 5.88 Å². The molecule has 1 aliphatic carbocycles. The van der Waals surface area contributed by atoms with E-state index in [-0.39, 0.29) is 18.7 Å². The Labute approximate surface area is 166 Å². The summed E-state index contributed by atoms with van der Waals surface area (Å²) in [6, 6.07) is 2.76. The number of halogens is 1. The van der Waals surface area contributed by atoms with Gasteiger partial charge >= 0.3 is 0 Å². The summed E-state index contributed by atoms with van der Waals surface area (Å²) < 4.78 is 20.2. The van der Waals surface area contributed by atoms with E-state index in [0.29, 0.717) is 23.9 Å². The smallest absolute Gasteiger partial charge is 0.257 e. The maximum Gasteiger partial charge on any atom is 0.257 e. The highest BCUT2D eigenvalue weighted by atomic mass is 19.1. The second-order valence-corrected chi connectivity index (χ2v) is 7.45. The lowest BCUT2D eigenvalue weighted by Gasteiger charge is -2.28. The standard InChI is InChI=1S/C19H21FN6O3/c20-13-2-3-16(21-10-13)28-12-19(5-6-19)24-18(27)14-11-22-25-8-4-15(23-17(14)25)26-7-1-9-29-26/h2-4,8,10-11,15,23H,1,5-7,9,12H2,(H,24,27). The average Bonchev–Trinajstić information content (AvgIpc) is 3.13. The minimum absolute atomic E-state index is 0.143. The van der Waals surface area contributed by atoms with E-state index in [9.17, 15) is 9.18 Å². The molecule has 2 aliphatic heterocycles. The van der Waals surface area contributed by atoms with Crippen LogP contribution in [-0.2, 0) is 4.84 Å². The number of pyridine rings is 1. The number of hydroxylamine groups is 2. The van der Waals surface area contributed by atoms with E-state index < -0.39 is 11.4 Å². The fourth-order valence-electron chi connectivity index (χ4n) is 3.41. The van der Waals surface area contributed by atoms with Crippen molar-refractivity contribution in [1.82, 2.24) is 25.1 Å². The van der Waals surface area contributed by atoms with Crippen molar-refractivity contribution in [2.24, 2.45) is 0 Å². The van der Waals surface area contributed by atoms with Gasteiger partial charge in [-0.3, -0.25) is 9.63 Å². The molecule has 0 bridgehead atoms. The predicted octanol–water partition coefficient (Wildman–Crippen LogP) is 1.62. The summed E-state index contributed by atoms with van der Waals surface area (Å²) in [5.41, 5.74) is 0.0222. The number of hydrogen-bond donors (Lipinski definition) is 2. The van der Waals surface area contributed by atoms with E-state index >= 15 is 0 Å². The van der Waals surface area contributed by atoms with Crippen LogP contribution < -0.4 is 15.4 Å². The maximum atomic E-state index is 13.0. The van der Waals surface area contributed by atoms with Crippen LogP contribution in [0.1, 0.15) is 29.6 Å². The van der Waals surface area contributed by atoms with Crippen LogP contribution in [-0.4, -0.2) is 57.2 Å². The van der Waals surface area contributed by atoms with Gasteiger partial charge in [-0.25, -0.2) is 14.1 Å². The van der Waals surface area contributed by atoms with E-state index in [2.05, 4.69) is 20.7 Å². The van der Waals surface area contributed by atoms with E-state index in [1.807, 2.05) is 17.3 Å². The first-order valence-corrected chi connectivity index (χ1v) is 9.61. The van der Waals surface area contributed by atoms with Gasteiger partial charge < -0.3 is 15.4 Å². The summed E-state index contributed by atoms with van der Waals surface area (Å²) in [5, 5.41) is 12.5. The molecule has 1 saturated carbocycles. The lowest BCUT2D eigenvalue weighted by atomic mass is 10.2. The van der Waals surface area contributed by atoms with Gasteiger partial charge in [0.1, 0.15) is 30.0 Å². The zero-order valence-electron chi connectivity index (χ0n) is 15.7. The molecule has 0 aromatic carbocycles. The van der Waals surface area contributed by atoms with E-state index in [1.54, 1.807) is 10.9 Å². The van der Waals surface area contributed by atoms with Crippen molar-refractivity contribution in [3.63, 3.8) is 0 Å². The van der Waals surface area contributed by atoms with Gasteiger partial charge in [0.15, 0.2) is 0 Å². The Bertz CT molecular complexity index is 934. The number of nitrogens with one attached hydrogen (secondary N) is 2. The van der Waals surface area contributed by atoms with Crippen LogP contribution in [0.15, 0.2) is 30.6 Å². The molecule has 0 spiro atoms. The van der Waals surface area contributed by atoms with E-state index in [1.165, 1.54) is 12.1 Å². The summed E-state index contributed by atoms with van der Waals surface area (Å²) in [6.45, 7) is 1.80. The van der Waals surface area contributed by atoms with Crippen molar-refractivity contribution >= 4 is 17.9 Å². The van der Waals surface area contributed by atoms with Crippen LogP contribution in [0.3, 0.4) is 0 Å². The third kappa shape index (κ3) is 3.68. The van der Waals surface area contributed by atoms with Gasteiger partial charge in [0, 0.05) is 18.8 Å². The number of fused-ring (bicyclic) bond motifs is 1. The van der Waals surface area contributed by atoms with Crippen molar-refractivity contribution in [1.29, 1.82) is 0 Å². The van der Waals surface area contributed by atoms with Crippen LogP contribution >= 0.6 is 0 Å². The van der Waals surface area contributed by atoms with Crippen LogP contribution in [0.2, 0.25) is 0 Å². The van der Waals surface area contributed by atoms with Gasteiger partial charge in [-0.05, 0) is 31.4 Å². The van der Waals surface area contributed by atoms with Crippen molar-refractivity contribution in [2.45, 2.75) is 31.0 Å². The molecule has 1 unspecified atom stereocenters. The SMILES string of the molecule is O=C(NC1(COc2ccc(F)cn2)CC1)c1cnn2c1NC(N1CCCO1)C=C2. The van der Waals surface area contributed by atoms with Crippen LogP contribution in [0.25, 0.3) is 6.20 Å². The molecule has 5 rings (SSSR count). The molecule has 3 aliphatic rings. The van der Waals surface area contributed by atoms with Gasteiger partial charge in [0.05, 0.1) is 24.5 Å². The van der Waals surface area contributed by atoms with Crippen molar-refractivity contribution in [3.05, 3.63) is 42.0 Å². The fourth-order valence-corrected chi connectivity index (χ4v) is 3.41. The zero-order chi connectivity index (χ0) is 19.8. The number of carbonyl (C=O) groups excluding carboxylic acids is 1. The average molecular weight is 400 g/mol. The Morgan fingerprint density at radius 3 is 3.03 bits per heavy atom. The Kier molecular flexibility index (Phi) is 4.44. The first-order chi connectivity index (χ1) is 14.1. The number of nitrogens with zero attached hydrogens (tertiary/aromatic N) is 4. The highest BCUT2D eigenvalue weighted by Gasteiger charge is 2.46. The lowest BCUT2D eigenvalue weighted by Crippen LogP contribution is -2.42. The molecule has 2 fully saturated rings. The molecular formula is C19H21FN6O3. The molecule has 1 amide bonds. The van der Waals surface area contributed by atoms with Crippen molar-refractivity contribution < 1.29 is 18.8 Å². The first kappa shape index (κ1) is 18.1. The first-order valence-electron chi connectivity index (χ1n) is 9.61. The van der Waals surface area contributed by atoms with Gasteiger partial charge in [-0.2, -0.15) is 10.2 Å². The molecule has 9 nitrogen and oxygen atoms in total. The normalized spacial score (nSPS) is 22.0. The third-order valence-electron chi connectivity index (χ3n) is 5.25. The van der Waals surface area contributed by atoms with Crippen molar-refractivity contribution in [2.75, 3.05) is 25.1 Å². The molecule has 1 atom stereocenters. The van der Waals surface area contributed by atoms with Crippen LogP contribution in [0.4, 0.5) is 10.2 Å². The van der Waals surface area contributed by atoms with Gasteiger partial charge in [-0.15, -0.1) is 0 Å². The number of rotatable bonds is 6. The molecule has 2 aromatic heterocycles. The van der Waals surface area contributed by atoms with Crippen LogP contribution in [0, 0.1) is 5.82 Å². The molecule has 10 heteroatoms. The highest BCUT2D eigenvalue weighted by Crippen LogP contribution is 2.36. The number of ether oxygens (including phenoxy) is 1. The predicted molar refractivity (Wildman–Crippen MR) is 101 cm³/mol. The topological polar surface area (TPSA) is 93.5 Å². The molecule has 1 saturated heterocycles. The molecule has 4 heterocycles. The second kappa shape index (κ2) is 7.12. The van der Waals surface area contributed by atoms with Crippen LogP contribution in [0.5, 0.6) is 5.88 Å². The van der Waals surface area contributed by atoms with E-state index in [0.717, 1.165) is 32.0 Å². The summed E-state index contributed by atoms with van der Waals surface area (Å²) in [6.07, 6.45) is 8.87. The summed E-state index contributed by atoms with van der Waals surface area (Å²) >= 11 is 0.